The molecule has 2 amide bonds. The van der Waals surface area contributed by atoms with E-state index in [4.69, 9.17) is 14.6 Å². The molecule has 2 N–H and O–H groups in total. The van der Waals surface area contributed by atoms with Gasteiger partial charge in [0.2, 0.25) is 0 Å². The largest absolute Gasteiger partial charge is 0.481 e. The van der Waals surface area contributed by atoms with Crippen LogP contribution in [0.2, 0.25) is 0 Å². The highest BCUT2D eigenvalue weighted by atomic mass is 16.5. The van der Waals surface area contributed by atoms with Gasteiger partial charge in [0, 0.05) is 40.5 Å². The summed E-state index contributed by atoms with van der Waals surface area (Å²) in [7, 11) is 3.19. The van der Waals surface area contributed by atoms with E-state index in [-0.39, 0.29) is 12.6 Å². The van der Waals surface area contributed by atoms with Crippen molar-refractivity contribution in [3.05, 3.63) is 0 Å². The fraction of sp³-hybridized carbons (Fsp3) is 0.846. The number of urea groups is 1. The molecule has 1 aliphatic carbocycles. The third-order valence-electron chi connectivity index (χ3n) is 3.51. The molecule has 1 aliphatic rings. The molecule has 20 heavy (non-hydrogen) atoms. The monoisotopic (exact) mass is 288 g/mol. The number of hydrogen-bond donors (Lipinski definition) is 2. The van der Waals surface area contributed by atoms with Gasteiger partial charge < -0.3 is 24.8 Å². The topological polar surface area (TPSA) is 88.1 Å². The van der Waals surface area contributed by atoms with E-state index in [1.54, 1.807) is 19.1 Å². The summed E-state index contributed by atoms with van der Waals surface area (Å²) in [5.74, 6) is -0.833. The maximum absolute atomic E-state index is 12.1. The lowest BCUT2D eigenvalue weighted by Gasteiger charge is -2.23. The van der Waals surface area contributed by atoms with E-state index in [1.165, 1.54) is 0 Å². The molecule has 0 aromatic rings. The van der Waals surface area contributed by atoms with Crippen molar-refractivity contribution in [1.29, 1.82) is 0 Å². The minimum absolute atomic E-state index is 0.189. The zero-order valence-corrected chi connectivity index (χ0v) is 12.2. The predicted octanol–water partition coefficient (Wildman–Crippen LogP) is 0.546. The molecule has 0 aliphatic heterocycles. The van der Waals surface area contributed by atoms with Crippen LogP contribution in [0, 0.1) is 5.41 Å². The standard InChI is InChI=1S/C13H24N2O5/c1-19-8-3-6-15(7-9-20-2)12(18)14-10-13(4-5-13)11(16)17/h3-10H2,1-2H3,(H,14,18)(H,16,17). The Kier molecular flexibility index (Phi) is 6.74. The lowest BCUT2D eigenvalue weighted by Crippen LogP contribution is -2.45. The summed E-state index contributed by atoms with van der Waals surface area (Å²) in [6.45, 7) is 2.25. The van der Waals surface area contributed by atoms with Gasteiger partial charge in [0.15, 0.2) is 0 Å². The first kappa shape index (κ1) is 16.7. The Balaban J connectivity index is 2.39. The fourth-order valence-electron chi connectivity index (χ4n) is 1.89. The zero-order valence-electron chi connectivity index (χ0n) is 12.2. The van der Waals surface area contributed by atoms with E-state index < -0.39 is 11.4 Å². The summed E-state index contributed by atoms with van der Waals surface area (Å²) in [5, 5.41) is 11.8. The third kappa shape index (κ3) is 4.97. The molecule has 0 heterocycles. The van der Waals surface area contributed by atoms with Gasteiger partial charge in [-0.05, 0) is 19.3 Å². The summed E-state index contributed by atoms with van der Waals surface area (Å²) in [5.41, 5.74) is -0.741. The Bertz CT molecular complexity index is 331. The van der Waals surface area contributed by atoms with Crippen molar-refractivity contribution in [2.24, 2.45) is 5.41 Å². The van der Waals surface area contributed by atoms with Crippen molar-refractivity contribution in [2.45, 2.75) is 19.3 Å². The van der Waals surface area contributed by atoms with E-state index in [9.17, 15) is 9.59 Å². The van der Waals surface area contributed by atoms with Crippen LogP contribution in [0.15, 0.2) is 0 Å². The van der Waals surface area contributed by atoms with Crippen LogP contribution < -0.4 is 5.32 Å². The van der Waals surface area contributed by atoms with Gasteiger partial charge in [-0.2, -0.15) is 0 Å². The number of hydrogen-bond acceptors (Lipinski definition) is 4. The predicted molar refractivity (Wildman–Crippen MR) is 72.6 cm³/mol. The Morgan fingerprint density at radius 1 is 1.20 bits per heavy atom. The van der Waals surface area contributed by atoms with Gasteiger partial charge in [0.25, 0.3) is 0 Å². The molecule has 7 nitrogen and oxygen atoms in total. The molecule has 0 unspecified atom stereocenters. The number of rotatable bonds is 10. The number of carboxylic acids is 1. The zero-order chi connectivity index (χ0) is 15.0. The number of nitrogens with zero attached hydrogens (tertiary/aromatic N) is 1. The number of ether oxygens (including phenoxy) is 2. The molecule has 0 spiro atoms. The number of carbonyl (C=O) groups excluding carboxylic acids is 1. The van der Waals surface area contributed by atoms with Gasteiger partial charge in [0.05, 0.1) is 12.0 Å². The molecule has 0 aromatic heterocycles. The van der Waals surface area contributed by atoms with E-state index in [0.717, 1.165) is 6.42 Å². The normalized spacial score (nSPS) is 15.7. The average Bonchev–Trinajstić information content (AvgIpc) is 3.21. The van der Waals surface area contributed by atoms with Gasteiger partial charge in [-0.1, -0.05) is 0 Å². The minimum atomic E-state index is -0.833. The first-order valence-corrected chi connectivity index (χ1v) is 6.80. The van der Waals surface area contributed by atoms with Crippen molar-refractivity contribution >= 4 is 12.0 Å². The van der Waals surface area contributed by atoms with Crippen molar-refractivity contribution in [3.8, 4) is 0 Å². The molecular weight excluding hydrogens is 264 g/mol. The van der Waals surface area contributed by atoms with Crippen LogP contribution in [0.4, 0.5) is 4.79 Å². The average molecular weight is 288 g/mol. The molecule has 0 radical (unpaired) electrons. The Morgan fingerprint density at radius 3 is 2.35 bits per heavy atom. The molecule has 0 aromatic carbocycles. The van der Waals surface area contributed by atoms with Crippen LogP contribution in [0.25, 0.3) is 0 Å². The highest BCUT2D eigenvalue weighted by molar-refractivity contribution is 5.80. The number of aliphatic carboxylic acids is 1. The number of methoxy groups -OCH3 is 2. The fourth-order valence-corrected chi connectivity index (χ4v) is 1.89. The van der Waals surface area contributed by atoms with E-state index in [0.29, 0.717) is 39.1 Å². The first-order chi connectivity index (χ1) is 9.55. The van der Waals surface area contributed by atoms with Gasteiger partial charge in [-0.3, -0.25) is 4.79 Å². The summed E-state index contributed by atoms with van der Waals surface area (Å²) in [6.07, 6.45) is 1.99. The quantitative estimate of drug-likeness (QED) is 0.573. The lowest BCUT2D eigenvalue weighted by molar-refractivity contribution is -0.143. The molecule has 0 atom stereocenters. The Hall–Kier alpha value is -1.34. The van der Waals surface area contributed by atoms with Gasteiger partial charge in [0.1, 0.15) is 0 Å². The number of nitrogens with one attached hydrogen (secondary N) is 1. The number of carboxylic acid groups (broad SMARTS) is 1. The maximum atomic E-state index is 12.1. The third-order valence-corrected chi connectivity index (χ3v) is 3.51. The van der Waals surface area contributed by atoms with Crippen LogP contribution >= 0.6 is 0 Å². The molecule has 1 saturated carbocycles. The van der Waals surface area contributed by atoms with Crippen molar-refractivity contribution in [3.63, 3.8) is 0 Å². The van der Waals surface area contributed by atoms with Crippen molar-refractivity contribution < 1.29 is 24.2 Å². The van der Waals surface area contributed by atoms with E-state index in [2.05, 4.69) is 5.32 Å². The summed E-state index contributed by atoms with van der Waals surface area (Å²) in [4.78, 5) is 24.7. The van der Waals surface area contributed by atoms with Crippen LogP contribution in [-0.2, 0) is 14.3 Å². The number of amides is 2. The highest BCUT2D eigenvalue weighted by Crippen LogP contribution is 2.45. The van der Waals surface area contributed by atoms with Gasteiger partial charge in [-0.25, -0.2) is 4.79 Å². The van der Waals surface area contributed by atoms with Crippen LogP contribution in [0.3, 0.4) is 0 Å². The molecule has 0 saturated heterocycles. The SMILES string of the molecule is COCCCN(CCOC)C(=O)NCC1(C(=O)O)CC1. The second kappa shape index (κ2) is 8.06. The number of carbonyl (C=O) groups is 2. The minimum Gasteiger partial charge on any atom is -0.481 e. The summed E-state index contributed by atoms with van der Waals surface area (Å²) < 4.78 is 9.94. The van der Waals surface area contributed by atoms with Crippen LogP contribution in [-0.4, -0.2) is 69.1 Å². The maximum Gasteiger partial charge on any atom is 0.317 e. The van der Waals surface area contributed by atoms with Crippen LogP contribution in [0.5, 0.6) is 0 Å². The molecular formula is C13H24N2O5. The molecule has 7 heteroatoms. The Labute approximate surface area is 119 Å². The van der Waals surface area contributed by atoms with Gasteiger partial charge in [-0.15, -0.1) is 0 Å². The second-order valence-corrected chi connectivity index (χ2v) is 5.07. The summed E-state index contributed by atoms with van der Waals surface area (Å²) in [6, 6.07) is -0.245. The van der Waals surface area contributed by atoms with Crippen LogP contribution in [0.1, 0.15) is 19.3 Å². The van der Waals surface area contributed by atoms with Crippen molar-refractivity contribution in [2.75, 3.05) is 47.1 Å². The molecule has 1 rings (SSSR count). The smallest absolute Gasteiger partial charge is 0.317 e. The first-order valence-electron chi connectivity index (χ1n) is 6.80. The van der Waals surface area contributed by atoms with Gasteiger partial charge >= 0.3 is 12.0 Å². The lowest BCUT2D eigenvalue weighted by atomic mass is 10.1. The summed E-state index contributed by atoms with van der Waals surface area (Å²) >= 11 is 0. The van der Waals surface area contributed by atoms with E-state index in [1.807, 2.05) is 0 Å². The molecule has 1 fully saturated rings. The highest BCUT2D eigenvalue weighted by Gasteiger charge is 2.50. The van der Waals surface area contributed by atoms with Crippen molar-refractivity contribution in [1.82, 2.24) is 10.2 Å². The molecule has 0 bridgehead atoms. The second-order valence-electron chi connectivity index (χ2n) is 5.07. The molecule has 116 valence electrons. The van der Waals surface area contributed by atoms with E-state index >= 15 is 0 Å². The Morgan fingerprint density at radius 2 is 1.85 bits per heavy atom.